The van der Waals surface area contributed by atoms with Crippen molar-refractivity contribution in [1.82, 2.24) is 4.90 Å². The van der Waals surface area contributed by atoms with Crippen LogP contribution in [0.1, 0.15) is 18.4 Å². The smallest absolute Gasteiger partial charge is 0.141 e. The molecule has 3 fully saturated rings. The number of hydrogen-bond acceptors (Lipinski definition) is 2. The Balaban J connectivity index is 1.83. The maximum absolute atomic E-state index is 10.6. The van der Waals surface area contributed by atoms with Gasteiger partial charge in [0.25, 0.3) is 0 Å². The number of aliphatic hydroxyl groups is 1. The van der Waals surface area contributed by atoms with Crippen LogP contribution in [0.2, 0.25) is 0 Å². The Morgan fingerprint density at radius 2 is 1.88 bits per heavy atom. The molecule has 1 aromatic rings. The van der Waals surface area contributed by atoms with Gasteiger partial charge >= 0.3 is 0 Å². The van der Waals surface area contributed by atoms with Gasteiger partial charge in [0.1, 0.15) is 5.60 Å². The van der Waals surface area contributed by atoms with Crippen LogP contribution in [0.3, 0.4) is 0 Å². The van der Waals surface area contributed by atoms with E-state index in [9.17, 15) is 5.11 Å². The maximum atomic E-state index is 10.6. The van der Waals surface area contributed by atoms with Crippen molar-refractivity contribution < 1.29 is 5.11 Å². The van der Waals surface area contributed by atoms with Gasteiger partial charge in [-0.25, -0.2) is 0 Å². The second kappa shape index (κ2) is 4.18. The summed E-state index contributed by atoms with van der Waals surface area (Å²) in [5, 5.41) is 10.6. The van der Waals surface area contributed by atoms with Gasteiger partial charge in [0.05, 0.1) is 0 Å². The Kier molecular flexibility index (Phi) is 2.66. The first-order valence-electron chi connectivity index (χ1n) is 6.29. The molecule has 0 spiro atoms. The van der Waals surface area contributed by atoms with E-state index in [1.165, 1.54) is 0 Å². The molecule has 0 radical (unpaired) electrons. The van der Waals surface area contributed by atoms with Gasteiger partial charge in [0, 0.05) is 18.0 Å². The zero-order valence-corrected chi connectivity index (χ0v) is 9.89. The lowest BCUT2D eigenvalue weighted by Crippen LogP contribution is -2.58. The fourth-order valence-corrected chi connectivity index (χ4v) is 2.88. The molecule has 3 saturated heterocycles. The van der Waals surface area contributed by atoms with Crippen LogP contribution in [-0.2, 0) is 0 Å². The summed E-state index contributed by atoms with van der Waals surface area (Å²) >= 11 is 0. The molecule has 4 rings (SSSR count). The van der Waals surface area contributed by atoms with E-state index in [0.29, 0.717) is 5.92 Å². The standard InChI is InChI=1S/C15H17NO/c17-15(9-6-13-4-2-1-3-5-13)12-16-10-7-14(15)8-11-16/h1-5,14,17H,7-8,10-12H2. The first kappa shape index (κ1) is 10.8. The predicted octanol–water partition coefficient (Wildman–Crippen LogP) is 1.49. The fraction of sp³-hybridized carbons (Fsp3) is 0.467. The van der Waals surface area contributed by atoms with Crippen molar-refractivity contribution in [2.75, 3.05) is 19.6 Å². The van der Waals surface area contributed by atoms with E-state index >= 15 is 0 Å². The summed E-state index contributed by atoms with van der Waals surface area (Å²) in [5.74, 6) is 6.59. The topological polar surface area (TPSA) is 23.5 Å². The molecule has 3 aliphatic heterocycles. The van der Waals surface area contributed by atoms with E-state index in [-0.39, 0.29) is 0 Å². The van der Waals surface area contributed by atoms with Crippen molar-refractivity contribution in [1.29, 1.82) is 0 Å². The molecular formula is C15H17NO. The van der Waals surface area contributed by atoms with Gasteiger partial charge in [-0.05, 0) is 38.1 Å². The normalized spacial score (nSPS) is 35.1. The maximum Gasteiger partial charge on any atom is 0.141 e. The highest BCUT2D eigenvalue weighted by Crippen LogP contribution is 2.35. The average molecular weight is 227 g/mol. The molecule has 1 atom stereocenters. The molecule has 17 heavy (non-hydrogen) atoms. The molecular weight excluding hydrogens is 210 g/mol. The number of fused-ring (bicyclic) bond motifs is 3. The summed E-state index contributed by atoms with van der Waals surface area (Å²) < 4.78 is 0. The van der Waals surface area contributed by atoms with Crippen molar-refractivity contribution in [3.63, 3.8) is 0 Å². The minimum absolute atomic E-state index is 0.365. The van der Waals surface area contributed by atoms with E-state index in [1.807, 2.05) is 30.3 Å². The fourth-order valence-electron chi connectivity index (χ4n) is 2.88. The number of hydrogen-bond donors (Lipinski definition) is 1. The summed E-state index contributed by atoms with van der Waals surface area (Å²) in [4.78, 5) is 2.32. The Morgan fingerprint density at radius 1 is 1.18 bits per heavy atom. The molecule has 88 valence electrons. The highest BCUT2D eigenvalue weighted by molar-refractivity contribution is 5.37. The molecule has 2 nitrogen and oxygen atoms in total. The Hall–Kier alpha value is -1.30. The summed E-state index contributed by atoms with van der Waals surface area (Å²) in [6.45, 7) is 2.97. The zero-order valence-electron chi connectivity index (χ0n) is 9.89. The van der Waals surface area contributed by atoms with Gasteiger partial charge in [-0.2, -0.15) is 0 Å². The third-order valence-corrected chi connectivity index (χ3v) is 3.92. The van der Waals surface area contributed by atoms with Crippen LogP contribution in [0.4, 0.5) is 0 Å². The molecule has 0 amide bonds. The quantitative estimate of drug-likeness (QED) is 0.679. The zero-order chi connectivity index (χ0) is 11.7. The molecule has 1 aromatic carbocycles. The van der Waals surface area contributed by atoms with Gasteiger partial charge in [0.2, 0.25) is 0 Å². The number of rotatable bonds is 0. The minimum atomic E-state index is -0.785. The molecule has 1 unspecified atom stereocenters. The largest absolute Gasteiger partial charge is 0.376 e. The van der Waals surface area contributed by atoms with Crippen LogP contribution in [0.25, 0.3) is 0 Å². The van der Waals surface area contributed by atoms with Crippen LogP contribution in [-0.4, -0.2) is 35.2 Å². The van der Waals surface area contributed by atoms with Gasteiger partial charge in [-0.15, -0.1) is 0 Å². The molecule has 3 heterocycles. The Morgan fingerprint density at radius 3 is 2.47 bits per heavy atom. The molecule has 1 N–H and O–H groups in total. The molecule has 2 heteroatoms. The highest BCUT2D eigenvalue weighted by atomic mass is 16.3. The predicted molar refractivity (Wildman–Crippen MR) is 67.4 cm³/mol. The van der Waals surface area contributed by atoms with Crippen molar-refractivity contribution in [2.24, 2.45) is 5.92 Å². The minimum Gasteiger partial charge on any atom is -0.376 e. The van der Waals surface area contributed by atoms with E-state index < -0.39 is 5.60 Å². The summed E-state index contributed by atoms with van der Waals surface area (Å²) in [6.07, 6.45) is 2.17. The van der Waals surface area contributed by atoms with E-state index in [0.717, 1.165) is 38.0 Å². The molecule has 3 aliphatic rings. The van der Waals surface area contributed by atoms with Crippen LogP contribution in [0, 0.1) is 17.8 Å². The van der Waals surface area contributed by atoms with E-state index in [2.05, 4.69) is 16.7 Å². The van der Waals surface area contributed by atoms with Crippen LogP contribution in [0.5, 0.6) is 0 Å². The van der Waals surface area contributed by atoms with E-state index in [4.69, 9.17) is 0 Å². The first-order valence-corrected chi connectivity index (χ1v) is 6.29. The lowest BCUT2D eigenvalue weighted by atomic mass is 9.76. The van der Waals surface area contributed by atoms with Gasteiger partial charge in [-0.1, -0.05) is 30.0 Å². The van der Waals surface area contributed by atoms with Gasteiger partial charge < -0.3 is 5.11 Å². The molecule has 0 aliphatic carbocycles. The third kappa shape index (κ3) is 2.09. The van der Waals surface area contributed by atoms with Crippen molar-refractivity contribution >= 4 is 0 Å². The van der Waals surface area contributed by atoms with Crippen molar-refractivity contribution in [2.45, 2.75) is 18.4 Å². The average Bonchev–Trinajstić information content (AvgIpc) is 2.39. The summed E-state index contributed by atoms with van der Waals surface area (Å²) in [5.41, 5.74) is 0.198. The van der Waals surface area contributed by atoms with Gasteiger partial charge in [-0.3, -0.25) is 4.90 Å². The second-order valence-electron chi connectivity index (χ2n) is 5.09. The SMILES string of the molecule is OC1(C#Cc2ccccc2)CN2CCC1CC2. The Bertz CT molecular complexity index is 451. The van der Waals surface area contributed by atoms with E-state index in [1.54, 1.807) is 0 Å². The van der Waals surface area contributed by atoms with Gasteiger partial charge in [0.15, 0.2) is 0 Å². The second-order valence-corrected chi connectivity index (χ2v) is 5.09. The molecule has 2 bridgehead atoms. The summed E-state index contributed by atoms with van der Waals surface area (Å²) in [7, 11) is 0. The van der Waals surface area contributed by atoms with Crippen molar-refractivity contribution in [3.8, 4) is 11.8 Å². The van der Waals surface area contributed by atoms with Crippen LogP contribution >= 0.6 is 0 Å². The molecule has 0 saturated carbocycles. The number of piperidine rings is 3. The Labute approximate surface area is 102 Å². The monoisotopic (exact) mass is 227 g/mol. The first-order chi connectivity index (χ1) is 8.26. The number of nitrogens with zero attached hydrogens (tertiary/aromatic N) is 1. The lowest BCUT2D eigenvalue weighted by Gasteiger charge is -2.47. The number of benzene rings is 1. The third-order valence-electron chi connectivity index (χ3n) is 3.92. The summed E-state index contributed by atoms with van der Waals surface area (Å²) in [6, 6.07) is 9.90. The highest BCUT2D eigenvalue weighted by Gasteiger charge is 2.44. The lowest BCUT2D eigenvalue weighted by molar-refractivity contribution is -0.0713. The molecule has 0 aromatic heterocycles. The van der Waals surface area contributed by atoms with Crippen LogP contribution in [0.15, 0.2) is 30.3 Å². The van der Waals surface area contributed by atoms with Crippen LogP contribution < -0.4 is 0 Å². The van der Waals surface area contributed by atoms with Crippen molar-refractivity contribution in [3.05, 3.63) is 35.9 Å².